The fraction of sp³-hybridized carbons (Fsp3) is 0.393. The number of anilines is 1. The molecule has 0 radical (unpaired) electrons. The Labute approximate surface area is 212 Å². The number of hydrogen-bond acceptors (Lipinski definition) is 6. The van der Waals surface area contributed by atoms with Crippen LogP contribution in [-0.4, -0.2) is 44.0 Å². The molecule has 1 aliphatic heterocycles. The van der Waals surface area contributed by atoms with Gasteiger partial charge in [0.25, 0.3) is 5.91 Å². The Balaban J connectivity index is 1.73. The van der Waals surface area contributed by atoms with E-state index in [1.165, 1.54) is 0 Å². The molecule has 3 aromatic rings. The van der Waals surface area contributed by atoms with Gasteiger partial charge in [0.1, 0.15) is 11.4 Å². The third-order valence-corrected chi connectivity index (χ3v) is 5.95. The molecule has 1 fully saturated rings. The van der Waals surface area contributed by atoms with Gasteiger partial charge in [0.05, 0.1) is 23.0 Å². The van der Waals surface area contributed by atoms with E-state index in [4.69, 9.17) is 4.74 Å². The maximum absolute atomic E-state index is 13.3. The number of nitrogens with one attached hydrogen (secondary N) is 1. The van der Waals surface area contributed by atoms with Crippen molar-refractivity contribution < 1.29 is 14.3 Å². The highest BCUT2D eigenvalue weighted by molar-refractivity contribution is 6.06. The first-order chi connectivity index (χ1) is 17.1. The minimum absolute atomic E-state index is 0.165. The van der Waals surface area contributed by atoms with Crippen LogP contribution in [0.4, 0.5) is 10.5 Å². The zero-order valence-corrected chi connectivity index (χ0v) is 21.5. The van der Waals surface area contributed by atoms with Gasteiger partial charge in [-0.1, -0.05) is 44.2 Å². The summed E-state index contributed by atoms with van der Waals surface area (Å²) >= 11 is 0. The van der Waals surface area contributed by atoms with Crippen molar-refractivity contribution in [2.75, 3.05) is 11.9 Å². The van der Waals surface area contributed by atoms with Crippen molar-refractivity contribution in [1.82, 2.24) is 19.9 Å². The van der Waals surface area contributed by atoms with Gasteiger partial charge >= 0.3 is 6.09 Å². The molecule has 1 N–H and O–H groups in total. The number of rotatable bonds is 5. The maximum atomic E-state index is 13.3. The van der Waals surface area contributed by atoms with E-state index in [0.717, 1.165) is 24.0 Å². The highest BCUT2D eigenvalue weighted by atomic mass is 16.6. The molecule has 0 saturated carbocycles. The van der Waals surface area contributed by atoms with Gasteiger partial charge in [-0.2, -0.15) is 0 Å². The summed E-state index contributed by atoms with van der Waals surface area (Å²) in [6.07, 6.45) is 5.96. The summed E-state index contributed by atoms with van der Waals surface area (Å²) in [5, 5.41) is 3.07. The molecular weight excluding hydrogens is 454 g/mol. The molecule has 0 bridgehead atoms. The van der Waals surface area contributed by atoms with Crippen LogP contribution in [-0.2, 0) is 4.74 Å². The summed E-state index contributed by atoms with van der Waals surface area (Å²) in [5.41, 5.74) is 2.70. The Hall–Kier alpha value is -3.81. The van der Waals surface area contributed by atoms with Crippen LogP contribution < -0.4 is 5.32 Å². The van der Waals surface area contributed by atoms with E-state index in [1.54, 1.807) is 23.5 Å². The second-order valence-corrected chi connectivity index (χ2v) is 10.3. The molecule has 1 unspecified atom stereocenters. The lowest BCUT2D eigenvalue weighted by Crippen LogP contribution is -2.37. The molecule has 8 nitrogen and oxygen atoms in total. The molecule has 1 aliphatic rings. The largest absolute Gasteiger partial charge is 0.444 e. The topological polar surface area (TPSA) is 97.3 Å². The van der Waals surface area contributed by atoms with E-state index in [9.17, 15) is 9.59 Å². The average Bonchev–Trinajstić information content (AvgIpc) is 3.34. The number of aromatic nitrogens is 3. The first-order valence-electron chi connectivity index (χ1n) is 12.3. The predicted molar refractivity (Wildman–Crippen MR) is 139 cm³/mol. The van der Waals surface area contributed by atoms with Crippen molar-refractivity contribution in [1.29, 1.82) is 0 Å². The Morgan fingerprint density at radius 2 is 1.75 bits per heavy atom. The molecule has 188 valence electrons. The summed E-state index contributed by atoms with van der Waals surface area (Å²) in [7, 11) is 0. The lowest BCUT2D eigenvalue weighted by Gasteiger charge is -2.29. The molecule has 1 saturated heterocycles. The number of amides is 2. The van der Waals surface area contributed by atoms with Gasteiger partial charge in [-0.25, -0.2) is 14.8 Å². The second kappa shape index (κ2) is 10.4. The van der Waals surface area contributed by atoms with Gasteiger partial charge in [0.2, 0.25) is 0 Å². The summed E-state index contributed by atoms with van der Waals surface area (Å²) in [6, 6.07) is 11.4. The van der Waals surface area contributed by atoms with E-state index in [2.05, 4.69) is 20.3 Å². The molecule has 1 aromatic carbocycles. The van der Waals surface area contributed by atoms with Gasteiger partial charge in [0, 0.05) is 36.6 Å². The van der Waals surface area contributed by atoms with Gasteiger partial charge in [-0.05, 0) is 45.2 Å². The molecule has 0 spiro atoms. The van der Waals surface area contributed by atoms with E-state index in [-0.39, 0.29) is 24.0 Å². The maximum Gasteiger partial charge on any atom is 0.410 e. The average molecular weight is 488 g/mol. The Bertz CT molecular complexity index is 1220. The van der Waals surface area contributed by atoms with Crippen LogP contribution in [0.2, 0.25) is 0 Å². The van der Waals surface area contributed by atoms with Crippen LogP contribution in [0.15, 0.2) is 55.0 Å². The van der Waals surface area contributed by atoms with Gasteiger partial charge in [-0.3, -0.25) is 14.7 Å². The summed E-state index contributed by atoms with van der Waals surface area (Å²) in [4.78, 5) is 41.4. The minimum Gasteiger partial charge on any atom is -0.444 e. The second-order valence-electron chi connectivity index (χ2n) is 10.3. The van der Waals surface area contributed by atoms with Crippen molar-refractivity contribution in [3.63, 3.8) is 0 Å². The molecule has 0 aliphatic carbocycles. The zero-order valence-electron chi connectivity index (χ0n) is 21.5. The Morgan fingerprint density at radius 3 is 2.39 bits per heavy atom. The molecule has 2 amide bonds. The number of carbonyl (C=O) groups is 2. The summed E-state index contributed by atoms with van der Waals surface area (Å²) < 4.78 is 5.66. The van der Waals surface area contributed by atoms with Gasteiger partial charge in [-0.15, -0.1) is 0 Å². The van der Waals surface area contributed by atoms with Crippen LogP contribution in [0.3, 0.4) is 0 Å². The molecule has 3 heterocycles. The first-order valence-corrected chi connectivity index (χ1v) is 12.3. The first kappa shape index (κ1) is 25.3. The number of hydrogen-bond donors (Lipinski definition) is 1. The Morgan fingerprint density at radius 1 is 1.06 bits per heavy atom. The summed E-state index contributed by atoms with van der Waals surface area (Å²) in [5.74, 6) is 0.508. The smallest absolute Gasteiger partial charge is 0.410 e. The summed E-state index contributed by atoms with van der Waals surface area (Å²) in [6.45, 7) is 10.1. The van der Waals surface area contributed by atoms with Crippen LogP contribution in [0, 0.1) is 0 Å². The molecule has 8 heteroatoms. The molecule has 2 aromatic heterocycles. The van der Waals surface area contributed by atoms with E-state index < -0.39 is 5.60 Å². The van der Waals surface area contributed by atoms with Gasteiger partial charge < -0.3 is 10.1 Å². The molecular formula is C28H33N5O3. The fourth-order valence-corrected chi connectivity index (χ4v) is 4.25. The highest BCUT2D eigenvalue weighted by Gasteiger charge is 2.36. The molecule has 1 atom stereocenters. The van der Waals surface area contributed by atoms with E-state index >= 15 is 0 Å². The van der Waals surface area contributed by atoms with Crippen molar-refractivity contribution in [2.24, 2.45) is 0 Å². The Kier molecular flexibility index (Phi) is 7.33. The number of ether oxygens (including phenoxy) is 1. The third kappa shape index (κ3) is 5.70. The van der Waals surface area contributed by atoms with Crippen molar-refractivity contribution in [2.45, 2.75) is 65.0 Å². The molecule has 36 heavy (non-hydrogen) atoms. The van der Waals surface area contributed by atoms with E-state index in [1.807, 2.05) is 71.0 Å². The predicted octanol–water partition coefficient (Wildman–Crippen LogP) is 5.99. The third-order valence-electron chi connectivity index (χ3n) is 5.95. The normalized spacial score (nSPS) is 15.7. The molecule has 4 rings (SSSR count). The van der Waals surface area contributed by atoms with Gasteiger partial charge in [0.15, 0.2) is 0 Å². The van der Waals surface area contributed by atoms with Crippen LogP contribution in [0.5, 0.6) is 0 Å². The van der Waals surface area contributed by atoms with Crippen molar-refractivity contribution >= 4 is 17.7 Å². The fourth-order valence-electron chi connectivity index (χ4n) is 4.25. The zero-order chi connectivity index (χ0) is 25.9. The van der Waals surface area contributed by atoms with Crippen LogP contribution in [0.25, 0.3) is 11.1 Å². The number of carbonyl (C=O) groups excluding carboxylic acids is 2. The SMILES string of the molecule is CC(C)c1ncc(C(=O)Nc2c(-c3ccccc3)ccnc2C2CCCN2C(=O)OC(C)(C)C)cn1. The van der Waals surface area contributed by atoms with Crippen LogP contribution in [0.1, 0.15) is 81.3 Å². The lowest BCUT2D eigenvalue weighted by atomic mass is 9.99. The highest BCUT2D eigenvalue weighted by Crippen LogP contribution is 2.40. The number of likely N-dealkylation sites (tertiary alicyclic amines) is 1. The number of pyridine rings is 1. The van der Waals surface area contributed by atoms with Crippen molar-refractivity contribution in [3.05, 3.63) is 72.1 Å². The quantitative estimate of drug-likeness (QED) is 0.475. The van der Waals surface area contributed by atoms with Crippen molar-refractivity contribution in [3.8, 4) is 11.1 Å². The van der Waals surface area contributed by atoms with Crippen LogP contribution >= 0.6 is 0 Å². The standard InChI is InChI=1S/C28H33N5O3/c1-18(2)25-30-16-20(17-31-25)26(34)32-23-21(19-10-7-6-8-11-19)13-14-29-24(23)22-12-9-15-33(22)27(35)36-28(3,4)5/h6-8,10-11,13-14,16-18,22H,9,12,15H2,1-5H3,(H,32,34). The minimum atomic E-state index is -0.608. The van der Waals surface area contributed by atoms with E-state index in [0.29, 0.717) is 29.3 Å². The monoisotopic (exact) mass is 487 g/mol. The number of nitrogens with zero attached hydrogens (tertiary/aromatic N) is 4. The lowest BCUT2D eigenvalue weighted by molar-refractivity contribution is 0.0222. The number of benzene rings is 1.